The van der Waals surface area contributed by atoms with Crippen LogP contribution in [0.4, 0.5) is 0 Å². The Bertz CT molecular complexity index is 1330. The van der Waals surface area contributed by atoms with Gasteiger partial charge in [0.2, 0.25) is 5.91 Å². The highest BCUT2D eigenvalue weighted by Gasteiger charge is 2.30. The number of para-hydroxylation sites is 1. The standard InChI is InChI=1S/C24H24N4O3S/c1-15(29)28-13-16(17-6-3-4-8-19(17)28)12-27-10-11-31-20(14-27)21-18-7-5-9-26-24(18)32-22(21)23(30)25-2/h3-9,13,20H,10-12,14H2,1-2H3,(H,25,30)/t20-/m1/s1. The fourth-order valence-corrected chi connectivity index (χ4v) is 5.59. The molecule has 0 spiro atoms. The highest BCUT2D eigenvalue weighted by atomic mass is 32.1. The number of ether oxygens (including phenoxy) is 1. The van der Waals surface area contributed by atoms with Gasteiger partial charge in [0.15, 0.2) is 0 Å². The third-order valence-corrected chi connectivity index (χ3v) is 7.07. The lowest BCUT2D eigenvalue weighted by atomic mass is 10.0. The van der Waals surface area contributed by atoms with Crippen molar-refractivity contribution in [3.05, 3.63) is 64.8 Å². The summed E-state index contributed by atoms with van der Waals surface area (Å²) in [6, 6.07) is 11.9. The summed E-state index contributed by atoms with van der Waals surface area (Å²) in [4.78, 5) is 33.0. The van der Waals surface area contributed by atoms with Crippen molar-refractivity contribution in [3.8, 4) is 0 Å². The van der Waals surface area contributed by atoms with Gasteiger partial charge in [0.05, 0.1) is 18.2 Å². The Balaban J connectivity index is 1.47. The van der Waals surface area contributed by atoms with Crippen LogP contribution in [-0.2, 0) is 11.3 Å². The Morgan fingerprint density at radius 3 is 2.84 bits per heavy atom. The van der Waals surface area contributed by atoms with E-state index in [1.807, 2.05) is 36.5 Å². The van der Waals surface area contributed by atoms with E-state index in [4.69, 9.17) is 4.74 Å². The topological polar surface area (TPSA) is 76.5 Å². The molecule has 1 aliphatic heterocycles. The average molecular weight is 449 g/mol. The van der Waals surface area contributed by atoms with Crippen LogP contribution in [0.3, 0.4) is 0 Å². The van der Waals surface area contributed by atoms with E-state index in [2.05, 4.69) is 21.3 Å². The van der Waals surface area contributed by atoms with E-state index in [0.717, 1.165) is 38.8 Å². The summed E-state index contributed by atoms with van der Waals surface area (Å²) in [6.45, 7) is 4.30. The first-order valence-corrected chi connectivity index (χ1v) is 11.4. The van der Waals surface area contributed by atoms with Crippen molar-refractivity contribution in [2.24, 2.45) is 0 Å². The number of morpholine rings is 1. The quantitative estimate of drug-likeness (QED) is 0.513. The van der Waals surface area contributed by atoms with Gasteiger partial charge in [0, 0.05) is 62.3 Å². The second kappa shape index (κ2) is 8.46. The summed E-state index contributed by atoms with van der Waals surface area (Å²) < 4.78 is 7.88. The number of hydrogen-bond donors (Lipinski definition) is 1. The first-order valence-electron chi connectivity index (χ1n) is 10.6. The molecule has 0 aliphatic carbocycles. The minimum Gasteiger partial charge on any atom is -0.371 e. The Kier molecular flexibility index (Phi) is 5.50. The van der Waals surface area contributed by atoms with E-state index in [0.29, 0.717) is 24.6 Å². The Labute approximate surface area is 189 Å². The number of fused-ring (bicyclic) bond motifs is 2. The number of benzene rings is 1. The highest BCUT2D eigenvalue weighted by Crippen LogP contribution is 2.37. The zero-order valence-corrected chi connectivity index (χ0v) is 18.8. The molecule has 1 N–H and O–H groups in total. The lowest BCUT2D eigenvalue weighted by Crippen LogP contribution is -2.38. The average Bonchev–Trinajstić information content (AvgIpc) is 3.38. The van der Waals surface area contributed by atoms with E-state index in [1.54, 1.807) is 24.7 Å². The van der Waals surface area contributed by atoms with Crippen molar-refractivity contribution in [2.45, 2.75) is 19.6 Å². The van der Waals surface area contributed by atoms with Crippen molar-refractivity contribution in [1.29, 1.82) is 0 Å². The van der Waals surface area contributed by atoms with Gasteiger partial charge < -0.3 is 10.1 Å². The van der Waals surface area contributed by atoms with Crippen LogP contribution in [0.1, 0.15) is 38.6 Å². The van der Waals surface area contributed by atoms with Crippen LogP contribution in [0, 0.1) is 0 Å². The number of aromatic nitrogens is 2. The van der Waals surface area contributed by atoms with Crippen LogP contribution in [-0.4, -0.2) is 53.0 Å². The molecule has 7 nitrogen and oxygen atoms in total. The van der Waals surface area contributed by atoms with Gasteiger partial charge >= 0.3 is 0 Å². The van der Waals surface area contributed by atoms with Crippen LogP contribution in [0.15, 0.2) is 48.8 Å². The molecule has 5 rings (SSSR count). The molecule has 0 bridgehead atoms. The van der Waals surface area contributed by atoms with Gasteiger partial charge in [0.25, 0.3) is 5.91 Å². The van der Waals surface area contributed by atoms with Crippen molar-refractivity contribution < 1.29 is 14.3 Å². The number of amides is 1. The lowest BCUT2D eigenvalue weighted by Gasteiger charge is -2.33. The Hall–Kier alpha value is -3.07. The summed E-state index contributed by atoms with van der Waals surface area (Å²) in [7, 11) is 1.64. The fourth-order valence-electron chi connectivity index (χ4n) is 4.45. The molecule has 1 amide bonds. The number of rotatable bonds is 4. The number of nitrogens with one attached hydrogen (secondary N) is 1. The molecular formula is C24H24N4O3S. The third-order valence-electron chi connectivity index (χ3n) is 5.94. The van der Waals surface area contributed by atoms with Crippen LogP contribution in [0.25, 0.3) is 21.1 Å². The minimum atomic E-state index is -0.227. The second-order valence-electron chi connectivity index (χ2n) is 7.94. The zero-order chi connectivity index (χ0) is 22.2. The molecule has 0 radical (unpaired) electrons. The molecule has 1 aromatic carbocycles. The Morgan fingerprint density at radius 1 is 1.22 bits per heavy atom. The first kappa shape index (κ1) is 20.8. The van der Waals surface area contributed by atoms with Gasteiger partial charge in [0.1, 0.15) is 9.71 Å². The maximum absolute atomic E-state index is 12.6. The van der Waals surface area contributed by atoms with Gasteiger partial charge in [-0.05, 0) is 17.7 Å². The summed E-state index contributed by atoms with van der Waals surface area (Å²) in [5, 5.41) is 4.80. The molecule has 3 aromatic heterocycles. The molecule has 32 heavy (non-hydrogen) atoms. The normalized spacial score (nSPS) is 17.1. The summed E-state index contributed by atoms with van der Waals surface area (Å²) in [6.07, 6.45) is 3.46. The molecule has 4 heterocycles. The Morgan fingerprint density at radius 2 is 2.03 bits per heavy atom. The van der Waals surface area contributed by atoms with Crippen molar-refractivity contribution in [1.82, 2.24) is 19.8 Å². The largest absolute Gasteiger partial charge is 0.371 e. The van der Waals surface area contributed by atoms with Crippen LogP contribution >= 0.6 is 11.3 Å². The predicted octanol–water partition coefficient (Wildman–Crippen LogP) is 3.84. The third kappa shape index (κ3) is 3.60. The lowest BCUT2D eigenvalue weighted by molar-refractivity contribution is -0.0322. The molecule has 1 aliphatic rings. The molecule has 164 valence electrons. The van der Waals surface area contributed by atoms with Gasteiger partial charge in [-0.3, -0.25) is 19.1 Å². The molecule has 0 saturated carbocycles. The minimum absolute atomic E-state index is 0.000216. The number of hydrogen-bond acceptors (Lipinski definition) is 6. The monoisotopic (exact) mass is 448 g/mol. The van der Waals surface area contributed by atoms with E-state index in [1.165, 1.54) is 11.3 Å². The first-order chi connectivity index (χ1) is 15.6. The number of carbonyl (C=O) groups is 2. The number of thiophene rings is 1. The van der Waals surface area contributed by atoms with Crippen molar-refractivity contribution in [3.63, 3.8) is 0 Å². The SMILES string of the molecule is CNC(=O)c1sc2ncccc2c1[C@H]1CN(Cc2cn(C(C)=O)c3ccccc23)CCO1. The van der Waals surface area contributed by atoms with Gasteiger partial charge in [-0.15, -0.1) is 11.3 Å². The predicted molar refractivity (Wildman–Crippen MR) is 125 cm³/mol. The molecule has 0 unspecified atom stereocenters. The smallest absolute Gasteiger partial charge is 0.261 e. The second-order valence-corrected chi connectivity index (χ2v) is 8.93. The highest BCUT2D eigenvalue weighted by molar-refractivity contribution is 7.20. The van der Waals surface area contributed by atoms with E-state index in [9.17, 15) is 9.59 Å². The maximum atomic E-state index is 12.6. The van der Waals surface area contributed by atoms with Crippen LogP contribution < -0.4 is 5.32 Å². The fraction of sp³-hybridized carbons (Fsp3) is 0.292. The maximum Gasteiger partial charge on any atom is 0.261 e. The van der Waals surface area contributed by atoms with Crippen LogP contribution in [0.2, 0.25) is 0 Å². The molecular weight excluding hydrogens is 424 g/mol. The van der Waals surface area contributed by atoms with E-state index >= 15 is 0 Å². The summed E-state index contributed by atoms with van der Waals surface area (Å²) >= 11 is 1.40. The zero-order valence-electron chi connectivity index (χ0n) is 18.0. The number of carbonyl (C=O) groups excluding carboxylic acids is 2. The molecule has 1 atom stereocenters. The molecule has 1 saturated heterocycles. The number of nitrogens with zero attached hydrogens (tertiary/aromatic N) is 3. The van der Waals surface area contributed by atoms with Crippen molar-refractivity contribution in [2.75, 3.05) is 26.7 Å². The molecule has 1 fully saturated rings. The number of pyridine rings is 1. The van der Waals surface area contributed by atoms with E-state index in [-0.39, 0.29) is 17.9 Å². The van der Waals surface area contributed by atoms with Gasteiger partial charge in [-0.2, -0.15) is 0 Å². The van der Waals surface area contributed by atoms with Gasteiger partial charge in [-0.1, -0.05) is 24.3 Å². The van der Waals surface area contributed by atoms with Crippen molar-refractivity contribution >= 4 is 44.3 Å². The van der Waals surface area contributed by atoms with E-state index < -0.39 is 0 Å². The van der Waals surface area contributed by atoms with Crippen LogP contribution in [0.5, 0.6) is 0 Å². The molecule has 4 aromatic rings. The summed E-state index contributed by atoms with van der Waals surface area (Å²) in [5.74, 6) is -0.118. The van der Waals surface area contributed by atoms with Gasteiger partial charge in [-0.25, -0.2) is 4.98 Å². The molecule has 8 heteroatoms. The summed E-state index contributed by atoms with van der Waals surface area (Å²) in [5.41, 5.74) is 2.95.